The van der Waals surface area contributed by atoms with Gasteiger partial charge in [-0.1, -0.05) is 23.9 Å². The quantitative estimate of drug-likeness (QED) is 0.820. The summed E-state index contributed by atoms with van der Waals surface area (Å²) in [5.74, 6) is 0. The predicted octanol–water partition coefficient (Wildman–Crippen LogP) is 2.10. The summed E-state index contributed by atoms with van der Waals surface area (Å²) in [6.45, 7) is 1.76. The first-order valence-electron chi connectivity index (χ1n) is 4.94. The number of aromatic nitrogens is 2. The minimum Gasteiger partial charge on any atom is -0.301 e. The van der Waals surface area contributed by atoms with Crippen molar-refractivity contribution in [1.82, 2.24) is 9.97 Å². The van der Waals surface area contributed by atoms with Crippen LogP contribution in [-0.2, 0) is 0 Å². The largest absolute Gasteiger partial charge is 0.301 e. The molecule has 0 unspecified atom stereocenters. The lowest BCUT2D eigenvalue weighted by Gasteiger charge is -2.02. The van der Waals surface area contributed by atoms with Crippen LogP contribution in [0.15, 0.2) is 45.2 Å². The van der Waals surface area contributed by atoms with E-state index in [0.717, 1.165) is 4.90 Å². The fourth-order valence-corrected chi connectivity index (χ4v) is 2.27. The fraction of sp³-hybridized carbons (Fsp3) is 0.0833. The van der Waals surface area contributed by atoms with Crippen LogP contribution in [0.2, 0.25) is 0 Å². The average Bonchev–Trinajstić information content (AvgIpc) is 2.28. The van der Waals surface area contributed by atoms with Gasteiger partial charge in [0.2, 0.25) is 0 Å². The van der Waals surface area contributed by atoms with Gasteiger partial charge in [0, 0.05) is 16.7 Å². The van der Waals surface area contributed by atoms with E-state index >= 15 is 0 Å². The maximum Gasteiger partial charge on any atom is 0.251 e. The van der Waals surface area contributed by atoms with Crippen molar-refractivity contribution < 1.29 is 0 Å². The topological polar surface area (TPSA) is 69.5 Å². The number of nitrogens with one attached hydrogen (secondary N) is 1. The number of H-pyrrole nitrogens is 1. The van der Waals surface area contributed by atoms with E-state index in [1.54, 1.807) is 19.1 Å². The smallest absolute Gasteiger partial charge is 0.251 e. The van der Waals surface area contributed by atoms with Gasteiger partial charge in [-0.05, 0) is 19.1 Å². The second kappa shape index (κ2) is 4.85. The molecular weight excluding hydrogens is 234 g/mol. The molecule has 1 aromatic carbocycles. The monoisotopic (exact) mass is 243 g/mol. The number of benzene rings is 1. The molecule has 1 aromatic heterocycles. The van der Waals surface area contributed by atoms with Crippen LogP contribution in [0, 0.1) is 18.3 Å². The summed E-state index contributed by atoms with van der Waals surface area (Å²) in [6.07, 6.45) is 0. The molecule has 0 aliphatic carbocycles. The van der Waals surface area contributed by atoms with Gasteiger partial charge >= 0.3 is 0 Å². The standard InChI is InChI=1S/C12H9N3OS/c1-8-6-11(16)15-12(14-8)17-10-5-3-2-4-9(10)7-13/h2-6H,1H3,(H,14,15,16). The van der Waals surface area contributed by atoms with E-state index in [9.17, 15) is 4.79 Å². The highest BCUT2D eigenvalue weighted by Gasteiger charge is 2.05. The maximum atomic E-state index is 11.3. The van der Waals surface area contributed by atoms with Gasteiger partial charge in [0.05, 0.1) is 5.56 Å². The molecule has 0 amide bonds. The highest BCUT2D eigenvalue weighted by Crippen LogP contribution is 2.26. The second-order valence-corrected chi connectivity index (χ2v) is 4.43. The number of aromatic amines is 1. The highest BCUT2D eigenvalue weighted by molar-refractivity contribution is 7.99. The van der Waals surface area contributed by atoms with Crippen LogP contribution in [0.3, 0.4) is 0 Å². The summed E-state index contributed by atoms with van der Waals surface area (Å²) >= 11 is 1.28. The zero-order chi connectivity index (χ0) is 12.3. The summed E-state index contributed by atoms with van der Waals surface area (Å²) in [4.78, 5) is 18.9. The first-order chi connectivity index (χ1) is 8.19. The van der Waals surface area contributed by atoms with Crippen LogP contribution in [-0.4, -0.2) is 9.97 Å². The third-order valence-electron chi connectivity index (χ3n) is 2.06. The van der Waals surface area contributed by atoms with Crippen molar-refractivity contribution >= 4 is 11.8 Å². The molecule has 84 valence electrons. The van der Waals surface area contributed by atoms with Crippen LogP contribution in [0.5, 0.6) is 0 Å². The zero-order valence-corrected chi connectivity index (χ0v) is 9.91. The molecule has 5 heteroatoms. The first kappa shape index (κ1) is 11.4. The molecular formula is C12H9N3OS. The first-order valence-corrected chi connectivity index (χ1v) is 5.75. The van der Waals surface area contributed by atoms with Crippen molar-refractivity contribution in [2.24, 2.45) is 0 Å². The van der Waals surface area contributed by atoms with Gasteiger partial charge in [-0.2, -0.15) is 5.26 Å². The normalized spacial score (nSPS) is 9.88. The molecule has 0 radical (unpaired) electrons. The molecule has 0 saturated heterocycles. The van der Waals surface area contributed by atoms with Crippen molar-refractivity contribution in [3.8, 4) is 6.07 Å². The highest BCUT2D eigenvalue weighted by atomic mass is 32.2. The average molecular weight is 243 g/mol. The van der Waals surface area contributed by atoms with E-state index in [4.69, 9.17) is 5.26 Å². The molecule has 0 atom stereocenters. The number of nitrogens with zero attached hydrogens (tertiary/aromatic N) is 2. The van der Waals surface area contributed by atoms with Gasteiger partial charge in [0.1, 0.15) is 6.07 Å². The molecule has 1 N–H and O–H groups in total. The van der Waals surface area contributed by atoms with E-state index in [2.05, 4.69) is 16.0 Å². The van der Waals surface area contributed by atoms with Gasteiger partial charge < -0.3 is 4.98 Å². The van der Waals surface area contributed by atoms with Crippen molar-refractivity contribution in [2.45, 2.75) is 17.0 Å². The van der Waals surface area contributed by atoms with E-state index in [-0.39, 0.29) is 5.56 Å². The molecule has 0 aliphatic heterocycles. The lowest BCUT2D eigenvalue weighted by Crippen LogP contribution is -2.07. The molecule has 0 bridgehead atoms. The Kier molecular flexibility index (Phi) is 3.26. The van der Waals surface area contributed by atoms with Crippen molar-refractivity contribution in [3.63, 3.8) is 0 Å². The van der Waals surface area contributed by atoms with Crippen LogP contribution >= 0.6 is 11.8 Å². The summed E-state index contributed by atoms with van der Waals surface area (Å²) in [6, 6.07) is 10.7. The number of aryl methyl sites for hydroxylation is 1. The Morgan fingerprint density at radius 3 is 2.88 bits per heavy atom. The Morgan fingerprint density at radius 1 is 1.41 bits per heavy atom. The number of hydrogen-bond donors (Lipinski definition) is 1. The van der Waals surface area contributed by atoms with E-state index in [1.165, 1.54) is 17.8 Å². The Hall–Kier alpha value is -2.06. The minimum atomic E-state index is -0.186. The molecule has 1 heterocycles. The zero-order valence-electron chi connectivity index (χ0n) is 9.10. The molecule has 0 spiro atoms. The predicted molar refractivity (Wildman–Crippen MR) is 64.9 cm³/mol. The molecule has 17 heavy (non-hydrogen) atoms. The van der Waals surface area contributed by atoms with Crippen LogP contribution in [0.25, 0.3) is 0 Å². The Bertz CT molecular complexity index is 643. The number of rotatable bonds is 2. The minimum absolute atomic E-state index is 0.186. The molecule has 4 nitrogen and oxygen atoms in total. The van der Waals surface area contributed by atoms with Crippen molar-refractivity contribution in [3.05, 3.63) is 51.9 Å². The Labute approximate surface area is 102 Å². The van der Waals surface area contributed by atoms with Gasteiger partial charge in [0.15, 0.2) is 5.16 Å². The van der Waals surface area contributed by atoms with Crippen LogP contribution in [0.1, 0.15) is 11.3 Å². The number of nitriles is 1. The lowest BCUT2D eigenvalue weighted by molar-refractivity contribution is 0.905. The van der Waals surface area contributed by atoms with Crippen LogP contribution in [0.4, 0.5) is 0 Å². The van der Waals surface area contributed by atoms with Crippen molar-refractivity contribution in [1.29, 1.82) is 5.26 Å². The Balaban J connectivity index is 2.38. The summed E-state index contributed by atoms with van der Waals surface area (Å²) in [7, 11) is 0. The van der Waals surface area contributed by atoms with E-state index in [0.29, 0.717) is 16.4 Å². The maximum absolute atomic E-state index is 11.3. The fourth-order valence-electron chi connectivity index (χ4n) is 1.35. The van der Waals surface area contributed by atoms with Gasteiger partial charge in [-0.15, -0.1) is 0 Å². The Morgan fingerprint density at radius 2 is 2.18 bits per heavy atom. The summed E-state index contributed by atoms with van der Waals surface area (Å²) < 4.78 is 0. The van der Waals surface area contributed by atoms with Crippen molar-refractivity contribution in [2.75, 3.05) is 0 Å². The third-order valence-corrected chi connectivity index (χ3v) is 3.02. The van der Waals surface area contributed by atoms with Crippen LogP contribution < -0.4 is 5.56 Å². The SMILES string of the molecule is Cc1cc(=O)[nH]c(Sc2ccccc2C#N)n1. The molecule has 0 saturated carbocycles. The summed E-state index contributed by atoms with van der Waals surface area (Å²) in [5, 5.41) is 9.45. The lowest BCUT2D eigenvalue weighted by atomic mass is 10.2. The van der Waals surface area contributed by atoms with E-state index in [1.807, 2.05) is 12.1 Å². The molecule has 0 fully saturated rings. The third kappa shape index (κ3) is 2.74. The van der Waals surface area contributed by atoms with Gasteiger partial charge in [-0.25, -0.2) is 4.98 Å². The van der Waals surface area contributed by atoms with Gasteiger partial charge in [-0.3, -0.25) is 4.79 Å². The van der Waals surface area contributed by atoms with Gasteiger partial charge in [0.25, 0.3) is 5.56 Å². The molecule has 2 aromatic rings. The summed E-state index contributed by atoms with van der Waals surface area (Å²) in [5.41, 5.74) is 1.04. The van der Waals surface area contributed by atoms with E-state index < -0.39 is 0 Å². The second-order valence-electron chi connectivity index (χ2n) is 3.40. The molecule has 2 rings (SSSR count). The molecule has 0 aliphatic rings. The number of hydrogen-bond acceptors (Lipinski definition) is 4.